The number of carboxylic acid groups (broad SMARTS) is 1. The van der Waals surface area contributed by atoms with Crippen molar-refractivity contribution in [1.29, 1.82) is 0 Å². The van der Waals surface area contributed by atoms with E-state index in [1.807, 2.05) is 26.0 Å². The summed E-state index contributed by atoms with van der Waals surface area (Å²) in [6, 6.07) is 10.1. The van der Waals surface area contributed by atoms with Crippen molar-refractivity contribution < 1.29 is 9.90 Å². The Hall–Kier alpha value is -2.03. The molecule has 0 aliphatic rings. The van der Waals surface area contributed by atoms with Crippen LogP contribution >= 0.6 is 0 Å². The molecule has 2 aromatic rings. The molecule has 19 heavy (non-hydrogen) atoms. The van der Waals surface area contributed by atoms with Crippen LogP contribution in [0.5, 0.6) is 0 Å². The molecule has 0 aliphatic carbocycles. The number of carbonyl (C=O) groups is 1. The Morgan fingerprint density at radius 2 is 1.84 bits per heavy atom. The summed E-state index contributed by atoms with van der Waals surface area (Å²) in [5.74, 6) is -0.865. The number of rotatable bonds is 3. The van der Waals surface area contributed by atoms with Gasteiger partial charge >= 0.3 is 5.97 Å². The van der Waals surface area contributed by atoms with E-state index < -0.39 is 5.97 Å². The van der Waals surface area contributed by atoms with Gasteiger partial charge in [-0.05, 0) is 44.9 Å². The Labute approximate surface area is 113 Å². The summed E-state index contributed by atoms with van der Waals surface area (Å²) in [6.07, 6.45) is 0. The molecule has 0 amide bonds. The van der Waals surface area contributed by atoms with E-state index in [-0.39, 0.29) is 6.04 Å². The van der Waals surface area contributed by atoms with Gasteiger partial charge in [-0.15, -0.1) is 0 Å². The molecule has 2 rings (SSSR count). The third kappa shape index (κ3) is 2.28. The van der Waals surface area contributed by atoms with Gasteiger partial charge in [0.2, 0.25) is 0 Å². The van der Waals surface area contributed by atoms with Crippen LogP contribution in [0, 0.1) is 20.8 Å². The normalized spacial score (nSPS) is 12.4. The third-order valence-corrected chi connectivity index (χ3v) is 3.74. The van der Waals surface area contributed by atoms with Crippen molar-refractivity contribution in [3.63, 3.8) is 0 Å². The Bertz CT molecular complexity index is 626. The van der Waals surface area contributed by atoms with Crippen LogP contribution in [0.4, 0.5) is 0 Å². The maximum Gasteiger partial charge on any atom is 0.337 e. The number of hydrogen-bond acceptors (Lipinski definition) is 1. The molecule has 0 saturated heterocycles. The first-order chi connectivity index (χ1) is 8.93. The number of carboxylic acids is 1. The van der Waals surface area contributed by atoms with Crippen LogP contribution in [0.25, 0.3) is 0 Å². The zero-order valence-electron chi connectivity index (χ0n) is 11.8. The van der Waals surface area contributed by atoms with Gasteiger partial charge in [0.15, 0.2) is 0 Å². The van der Waals surface area contributed by atoms with Crippen LogP contribution in [0.15, 0.2) is 30.3 Å². The molecule has 0 fully saturated rings. The predicted octanol–water partition coefficient (Wildman–Crippen LogP) is 3.72. The first-order valence-electron chi connectivity index (χ1n) is 6.40. The maximum absolute atomic E-state index is 11.2. The molecule has 1 atom stereocenters. The highest BCUT2D eigenvalue weighted by Crippen LogP contribution is 2.27. The molecule has 100 valence electrons. The Balaban J connectivity index is 2.54. The number of aromatic carboxylic acids is 1. The lowest BCUT2D eigenvalue weighted by molar-refractivity contribution is 0.0696. The van der Waals surface area contributed by atoms with Crippen molar-refractivity contribution in [1.82, 2.24) is 4.57 Å². The molecule has 1 N–H and O–H groups in total. The lowest BCUT2D eigenvalue weighted by atomic mass is 10.0. The van der Waals surface area contributed by atoms with E-state index in [9.17, 15) is 9.90 Å². The van der Waals surface area contributed by atoms with Crippen LogP contribution in [0.2, 0.25) is 0 Å². The molecule has 0 saturated carbocycles. The average Bonchev–Trinajstić information content (AvgIpc) is 2.65. The minimum atomic E-state index is -0.865. The molecule has 1 aromatic carbocycles. The fraction of sp³-hybridized carbons (Fsp3) is 0.312. The summed E-state index contributed by atoms with van der Waals surface area (Å²) < 4.78 is 2.09. The van der Waals surface area contributed by atoms with Gasteiger partial charge in [0.05, 0.1) is 11.6 Å². The first-order valence-corrected chi connectivity index (χ1v) is 6.40. The number of aryl methyl sites for hydroxylation is 2. The van der Waals surface area contributed by atoms with Crippen molar-refractivity contribution in [3.05, 3.63) is 58.4 Å². The van der Waals surface area contributed by atoms with E-state index >= 15 is 0 Å². The predicted molar refractivity (Wildman–Crippen MR) is 75.9 cm³/mol. The molecule has 3 heteroatoms. The van der Waals surface area contributed by atoms with Crippen molar-refractivity contribution >= 4 is 5.97 Å². The molecule has 0 bridgehead atoms. The fourth-order valence-electron chi connectivity index (χ4n) is 2.78. The minimum Gasteiger partial charge on any atom is -0.478 e. The van der Waals surface area contributed by atoms with Crippen LogP contribution in [0.3, 0.4) is 0 Å². The van der Waals surface area contributed by atoms with E-state index in [4.69, 9.17) is 0 Å². The highest BCUT2D eigenvalue weighted by molar-refractivity contribution is 5.89. The fourth-order valence-corrected chi connectivity index (χ4v) is 2.78. The molecule has 0 radical (unpaired) electrons. The Kier molecular flexibility index (Phi) is 3.47. The molecule has 3 nitrogen and oxygen atoms in total. The molecule has 1 unspecified atom stereocenters. The van der Waals surface area contributed by atoms with Crippen molar-refractivity contribution in [2.24, 2.45) is 0 Å². The maximum atomic E-state index is 11.2. The smallest absolute Gasteiger partial charge is 0.337 e. The van der Waals surface area contributed by atoms with Crippen molar-refractivity contribution in [2.45, 2.75) is 33.7 Å². The van der Waals surface area contributed by atoms with Gasteiger partial charge in [0, 0.05) is 11.4 Å². The summed E-state index contributed by atoms with van der Waals surface area (Å²) in [5, 5.41) is 9.20. The van der Waals surface area contributed by atoms with E-state index in [0.717, 1.165) is 11.4 Å². The number of aromatic nitrogens is 1. The van der Waals surface area contributed by atoms with Gasteiger partial charge < -0.3 is 9.67 Å². The third-order valence-electron chi connectivity index (χ3n) is 3.74. The number of benzene rings is 1. The highest BCUT2D eigenvalue weighted by atomic mass is 16.4. The van der Waals surface area contributed by atoms with Crippen LogP contribution < -0.4 is 0 Å². The standard InChI is InChI=1S/C16H19NO2/c1-10-7-5-6-8-14(10)12(3)17-11(2)9-15(13(17)4)16(18)19/h5-9,12H,1-4H3,(H,18,19). The second-order valence-electron chi connectivity index (χ2n) is 4.99. The zero-order valence-corrected chi connectivity index (χ0v) is 11.8. The quantitative estimate of drug-likeness (QED) is 0.910. The first kappa shape index (κ1) is 13.4. The summed E-state index contributed by atoms with van der Waals surface area (Å²) >= 11 is 0. The van der Waals surface area contributed by atoms with Gasteiger partial charge in [-0.25, -0.2) is 4.79 Å². The summed E-state index contributed by atoms with van der Waals surface area (Å²) in [7, 11) is 0. The van der Waals surface area contributed by atoms with E-state index in [1.165, 1.54) is 11.1 Å². The van der Waals surface area contributed by atoms with Gasteiger partial charge in [-0.3, -0.25) is 0 Å². The highest BCUT2D eigenvalue weighted by Gasteiger charge is 2.19. The van der Waals surface area contributed by atoms with Crippen LogP contribution in [0.1, 0.15) is 45.8 Å². The zero-order chi connectivity index (χ0) is 14.2. The molecule has 1 heterocycles. The van der Waals surface area contributed by atoms with Crippen molar-refractivity contribution in [2.75, 3.05) is 0 Å². The summed E-state index contributed by atoms with van der Waals surface area (Å²) in [5.41, 5.74) is 4.62. The average molecular weight is 257 g/mol. The monoisotopic (exact) mass is 257 g/mol. The molecule has 0 spiro atoms. The van der Waals surface area contributed by atoms with Crippen LogP contribution in [-0.2, 0) is 0 Å². The number of nitrogens with zero attached hydrogens (tertiary/aromatic N) is 1. The minimum absolute atomic E-state index is 0.134. The van der Waals surface area contributed by atoms with E-state index in [2.05, 4.69) is 30.5 Å². The van der Waals surface area contributed by atoms with Gasteiger partial charge in [-0.2, -0.15) is 0 Å². The molecular weight excluding hydrogens is 238 g/mol. The summed E-state index contributed by atoms with van der Waals surface area (Å²) in [6.45, 7) is 8.01. The Morgan fingerprint density at radius 1 is 1.21 bits per heavy atom. The number of hydrogen-bond donors (Lipinski definition) is 1. The van der Waals surface area contributed by atoms with Gasteiger partial charge in [-0.1, -0.05) is 24.3 Å². The van der Waals surface area contributed by atoms with Gasteiger partial charge in [0.1, 0.15) is 0 Å². The SMILES string of the molecule is Cc1ccccc1C(C)n1c(C)cc(C(=O)O)c1C. The molecular formula is C16H19NO2. The second kappa shape index (κ2) is 4.92. The lowest BCUT2D eigenvalue weighted by Crippen LogP contribution is -2.12. The topological polar surface area (TPSA) is 42.2 Å². The van der Waals surface area contributed by atoms with Crippen molar-refractivity contribution in [3.8, 4) is 0 Å². The second-order valence-corrected chi connectivity index (χ2v) is 4.99. The Morgan fingerprint density at radius 3 is 2.37 bits per heavy atom. The van der Waals surface area contributed by atoms with Crippen LogP contribution in [-0.4, -0.2) is 15.6 Å². The van der Waals surface area contributed by atoms with Gasteiger partial charge in [0.25, 0.3) is 0 Å². The summed E-state index contributed by atoms with van der Waals surface area (Å²) in [4.78, 5) is 11.2. The largest absolute Gasteiger partial charge is 0.478 e. The van der Waals surface area contributed by atoms with E-state index in [0.29, 0.717) is 5.56 Å². The molecule has 1 aromatic heterocycles. The molecule has 0 aliphatic heterocycles. The van der Waals surface area contributed by atoms with E-state index in [1.54, 1.807) is 6.07 Å². The lowest BCUT2D eigenvalue weighted by Gasteiger charge is -2.20.